The number of fused-ring (bicyclic) bond motifs is 3. The highest BCUT2D eigenvalue weighted by atomic mass is 15.2. The van der Waals surface area contributed by atoms with Gasteiger partial charge < -0.3 is 9.99 Å². The average Bonchev–Trinajstić information content (AvgIpc) is 2.64. The van der Waals surface area contributed by atoms with Gasteiger partial charge in [0.05, 0.1) is 5.52 Å². The summed E-state index contributed by atoms with van der Waals surface area (Å²) >= 11 is 0. The van der Waals surface area contributed by atoms with Gasteiger partial charge in [0.1, 0.15) is 0 Å². The summed E-state index contributed by atoms with van der Waals surface area (Å²) in [5.74, 6) is 5.42. The predicted molar refractivity (Wildman–Crippen MR) is 66.0 cm³/mol. The molecule has 0 spiro atoms. The maximum atomic E-state index is 5.42. The Hall–Kier alpha value is -2.07. The molecule has 3 rings (SSSR count). The first kappa shape index (κ1) is 9.18. The van der Waals surface area contributed by atoms with E-state index in [1.807, 2.05) is 30.6 Å². The number of nitrogen functional groups attached to an aromatic ring is 1. The summed E-state index contributed by atoms with van der Waals surface area (Å²) in [6.45, 7) is 0. The van der Waals surface area contributed by atoms with E-state index in [1.165, 1.54) is 16.4 Å². The molecule has 0 aliphatic heterocycles. The first-order valence-corrected chi connectivity index (χ1v) is 5.10. The minimum absolute atomic E-state index is 0.906. The van der Waals surface area contributed by atoms with E-state index in [0.29, 0.717) is 0 Å². The Morgan fingerprint density at radius 3 is 2.81 bits per heavy atom. The topological polar surface area (TPSA) is 55.9 Å². The largest absolute Gasteiger partial charge is 0.344 e. The number of rotatable bonds is 1. The highest BCUT2D eigenvalue weighted by molar-refractivity contribution is 6.08. The van der Waals surface area contributed by atoms with Gasteiger partial charge in [0.25, 0.3) is 0 Å². The van der Waals surface area contributed by atoms with Crippen LogP contribution in [-0.2, 0) is 7.05 Å². The molecule has 0 fully saturated rings. The van der Waals surface area contributed by atoms with Crippen molar-refractivity contribution in [2.75, 3.05) is 5.43 Å². The van der Waals surface area contributed by atoms with Gasteiger partial charge in [-0.05, 0) is 24.3 Å². The zero-order valence-corrected chi connectivity index (χ0v) is 8.94. The average molecular weight is 212 g/mol. The molecule has 2 heterocycles. The van der Waals surface area contributed by atoms with Crippen LogP contribution in [0.5, 0.6) is 0 Å². The summed E-state index contributed by atoms with van der Waals surface area (Å²) in [6.07, 6.45) is 3.70. The van der Waals surface area contributed by atoms with Crippen molar-refractivity contribution >= 4 is 27.5 Å². The first-order valence-electron chi connectivity index (χ1n) is 5.10. The van der Waals surface area contributed by atoms with Gasteiger partial charge in [-0.25, -0.2) is 0 Å². The number of hydrogen-bond donors (Lipinski definition) is 2. The van der Waals surface area contributed by atoms with Crippen molar-refractivity contribution in [1.82, 2.24) is 9.55 Å². The van der Waals surface area contributed by atoms with Crippen molar-refractivity contribution < 1.29 is 0 Å². The minimum atomic E-state index is 0.906. The lowest BCUT2D eigenvalue weighted by Gasteiger charge is -2.00. The maximum Gasteiger partial charge on any atom is 0.0519 e. The summed E-state index contributed by atoms with van der Waals surface area (Å²) in [6, 6.07) is 8.09. The van der Waals surface area contributed by atoms with Crippen LogP contribution in [0.3, 0.4) is 0 Å². The summed E-state index contributed by atoms with van der Waals surface area (Å²) in [5, 5.41) is 2.32. The standard InChI is InChI=1S/C12H12N4/c1-16-11-3-2-8(15-13)6-9(11)10-7-14-5-4-12(10)16/h2-7,15H,13H2,1H3. The monoisotopic (exact) mass is 212 g/mol. The van der Waals surface area contributed by atoms with Crippen LogP contribution in [0.15, 0.2) is 36.7 Å². The number of hydrogen-bond acceptors (Lipinski definition) is 3. The summed E-state index contributed by atoms with van der Waals surface area (Å²) in [7, 11) is 2.06. The van der Waals surface area contributed by atoms with Crippen LogP contribution in [0.4, 0.5) is 5.69 Å². The normalized spacial score (nSPS) is 11.1. The molecule has 0 amide bonds. The molecule has 2 aromatic heterocycles. The Labute approximate surface area is 92.7 Å². The first-order chi connectivity index (χ1) is 7.81. The van der Waals surface area contributed by atoms with Crippen molar-refractivity contribution in [3.05, 3.63) is 36.7 Å². The van der Waals surface area contributed by atoms with E-state index in [0.717, 1.165) is 11.1 Å². The summed E-state index contributed by atoms with van der Waals surface area (Å²) < 4.78 is 2.16. The van der Waals surface area contributed by atoms with Gasteiger partial charge in [0.15, 0.2) is 0 Å². The van der Waals surface area contributed by atoms with Gasteiger partial charge in [-0.1, -0.05) is 0 Å². The van der Waals surface area contributed by atoms with E-state index in [2.05, 4.69) is 28.1 Å². The highest BCUT2D eigenvalue weighted by Gasteiger charge is 2.07. The van der Waals surface area contributed by atoms with Crippen LogP contribution in [0.1, 0.15) is 0 Å². The van der Waals surface area contributed by atoms with E-state index < -0.39 is 0 Å². The molecule has 1 aromatic carbocycles. The van der Waals surface area contributed by atoms with Crippen molar-refractivity contribution in [2.45, 2.75) is 0 Å². The van der Waals surface area contributed by atoms with Crippen LogP contribution in [-0.4, -0.2) is 9.55 Å². The lowest BCUT2D eigenvalue weighted by atomic mass is 10.2. The molecule has 4 nitrogen and oxygen atoms in total. The van der Waals surface area contributed by atoms with Gasteiger partial charge in [0, 0.05) is 41.4 Å². The number of hydrazine groups is 1. The zero-order valence-electron chi connectivity index (χ0n) is 8.94. The van der Waals surface area contributed by atoms with E-state index in [4.69, 9.17) is 5.84 Å². The van der Waals surface area contributed by atoms with Crippen LogP contribution < -0.4 is 11.3 Å². The second kappa shape index (κ2) is 3.21. The number of aryl methyl sites for hydroxylation is 1. The molecule has 0 unspecified atom stereocenters. The van der Waals surface area contributed by atoms with Crippen molar-refractivity contribution in [1.29, 1.82) is 0 Å². The van der Waals surface area contributed by atoms with Crippen molar-refractivity contribution in [3.63, 3.8) is 0 Å². The number of benzene rings is 1. The third-order valence-corrected chi connectivity index (χ3v) is 2.97. The molecule has 0 saturated heterocycles. The molecular formula is C12H12N4. The zero-order chi connectivity index (χ0) is 11.1. The number of nitrogens with two attached hydrogens (primary N) is 1. The highest BCUT2D eigenvalue weighted by Crippen LogP contribution is 2.28. The Balaban J connectivity index is 2.52. The van der Waals surface area contributed by atoms with Crippen LogP contribution in [0.2, 0.25) is 0 Å². The summed E-state index contributed by atoms with van der Waals surface area (Å²) in [4.78, 5) is 4.17. The van der Waals surface area contributed by atoms with Crippen LogP contribution in [0, 0.1) is 0 Å². The number of nitrogens with zero attached hydrogens (tertiary/aromatic N) is 2. The number of nitrogens with one attached hydrogen (secondary N) is 1. The number of anilines is 1. The van der Waals surface area contributed by atoms with Gasteiger partial charge >= 0.3 is 0 Å². The predicted octanol–water partition coefficient (Wildman–Crippen LogP) is 2.01. The lowest BCUT2D eigenvalue weighted by Crippen LogP contribution is -2.06. The van der Waals surface area contributed by atoms with Crippen LogP contribution >= 0.6 is 0 Å². The van der Waals surface area contributed by atoms with Crippen LogP contribution in [0.25, 0.3) is 21.8 Å². The fraction of sp³-hybridized carbons (Fsp3) is 0.0833. The molecular weight excluding hydrogens is 200 g/mol. The second-order valence-electron chi connectivity index (χ2n) is 3.83. The van der Waals surface area contributed by atoms with E-state index >= 15 is 0 Å². The van der Waals surface area contributed by atoms with Gasteiger partial charge in [-0.15, -0.1) is 0 Å². The molecule has 0 aliphatic carbocycles. The minimum Gasteiger partial charge on any atom is -0.344 e. The van der Waals surface area contributed by atoms with Gasteiger partial charge in [-0.2, -0.15) is 0 Å². The molecule has 0 aliphatic rings. The lowest BCUT2D eigenvalue weighted by molar-refractivity contribution is 1.01. The van der Waals surface area contributed by atoms with Crippen molar-refractivity contribution in [2.24, 2.45) is 12.9 Å². The summed E-state index contributed by atoms with van der Waals surface area (Å²) in [5.41, 5.74) is 5.93. The molecule has 16 heavy (non-hydrogen) atoms. The molecule has 3 aromatic rings. The van der Waals surface area contributed by atoms with Gasteiger partial charge in [0.2, 0.25) is 0 Å². The molecule has 0 saturated carbocycles. The molecule has 0 radical (unpaired) electrons. The Morgan fingerprint density at radius 1 is 1.19 bits per heavy atom. The smallest absolute Gasteiger partial charge is 0.0519 e. The molecule has 80 valence electrons. The van der Waals surface area contributed by atoms with E-state index in [9.17, 15) is 0 Å². The maximum absolute atomic E-state index is 5.42. The Bertz CT molecular complexity index is 669. The third kappa shape index (κ3) is 1.10. The number of aromatic nitrogens is 2. The Morgan fingerprint density at radius 2 is 2.00 bits per heavy atom. The number of pyridine rings is 1. The van der Waals surface area contributed by atoms with Crippen molar-refractivity contribution in [3.8, 4) is 0 Å². The molecule has 0 bridgehead atoms. The SMILES string of the molecule is Cn1c2ccncc2c2cc(NN)ccc21. The molecule has 4 heteroatoms. The quantitative estimate of drug-likeness (QED) is 0.479. The van der Waals surface area contributed by atoms with E-state index in [1.54, 1.807) is 0 Å². The molecule has 3 N–H and O–H groups in total. The second-order valence-corrected chi connectivity index (χ2v) is 3.83. The van der Waals surface area contributed by atoms with E-state index in [-0.39, 0.29) is 0 Å². The van der Waals surface area contributed by atoms with Gasteiger partial charge in [-0.3, -0.25) is 10.8 Å². The Kier molecular flexibility index (Phi) is 1.84. The fourth-order valence-corrected chi connectivity index (χ4v) is 2.15. The third-order valence-electron chi connectivity index (χ3n) is 2.97. The molecule has 0 atom stereocenters. The fourth-order valence-electron chi connectivity index (χ4n) is 2.15.